The predicted octanol–water partition coefficient (Wildman–Crippen LogP) is 2.07. The van der Waals surface area contributed by atoms with Crippen molar-refractivity contribution >= 4 is 12.4 Å². The average molecular weight is 286 g/mol. The number of halogens is 1. The number of nitrogens with two attached hydrogens (primary N) is 1. The van der Waals surface area contributed by atoms with Gasteiger partial charge >= 0.3 is 0 Å². The van der Waals surface area contributed by atoms with Gasteiger partial charge < -0.3 is 10.5 Å². The normalized spacial score (nSPS) is 23.1. The van der Waals surface area contributed by atoms with E-state index < -0.39 is 0 Å². The van der Waals surface area contributed by atoms with Gasteiger partial charge in [-0.1, -0.05) is 13.0 Å². The highest BCUT2D eigenvalue weighted by Crippen LogP contribution is 2.29. The van der Waals surface area contributed by atoms with Crippen molar-refractivity contribution in [3.8, 4) is 5.88 Å². The Morgan fingerprint density at radius 2 is 2.26 bits per heavy atom. The Labute approximate surface area is 121 Å². The Balaban J connectivity index is 0.00000180. The molecule has 0 saturated carbocycles. The summed E-state index contributed by atoms with van der Waals surface area (Å²) < 4.78 is 5.42. The first kappa shape index (κ1) is 16.2. The van der Waals surface area contributed by atoms with Crippen molar-refractivity contribution in [3.63, 3.8) is 0 Å². The molecule has 4 nitrogen and oxygen atoms in total. The highest BCUT2D eigenvalue weighted by molar-refractivity contribution is 5.85. The molecule has 0 radical (unpaired) electrons. The van der Waals surface area contributed by atoms with Crippen molar-refractivity contribution in [1.82, 2.24) is 9.88 Å². The lowest BCUT2D eigenvalue weighted by atomic mass is 9.90. The zero-order valence-corrected chi connectivity index (χ0v) is 12.6. The minimum atomic E-state index is 0. The molecule has 19 heavy (non-hydrogen) atoms. The van der Waals surface area contributed by atoms with Gasteiger partial charge in [0.1, 0.15) is 0 Å². The lowest BCUT2D eigenvalue weighted by molar-refractivity contribution is 0.269. The van der Waals surface area contributed by atoms with E-state index in [2.05, 4.69) is 22.9 Å². The van der Waals surface area contributed by atoms with Crippen molar-refractivity contribution in [3.05, 3.63) is 23.9 Å². The fraction of sp³-hybridized carbons (Fsp3) is 0.643. The third-order valence-electron chi connectivity index (χ3n) is 3.59. The number of aromatic nitrogens is 1. The summed E-state index contributed by atoms with van der Waals surface area (Å²) in [5.41, 5.74) is 7.17. The minimum Gasteiger partial charge on any atom is -0.478 e. The second-order valence-electron chi connectivity index (χ2n) is 5.38. The Kier molecular flexibility index (Phi) is 6.04. The largest absolute Gasteiger partial charge is 0.478 e. The molecule has 0 amide bonds. The number of likely N-dealkylation sites (tertiary alicyclic amines) is 1. The highest BCUT2D eigenvalue weighted by atomic mass is 35.5. The van der Waals surface area contributed by atoms with Gasteiger partial charge in [0.2, 0.25) is 5.88 Å². The maximum atomic E-state index is 5.83. The molecule has 1 aromatic heterocycles. The van der Waals surface area contributed by atoms with Gasteiger partial charge in [0.25, 0.3) is 0 Å². The second kappa shape index (κ2) is 7.08. The van der Waals surface area contributed by atoms with E-state index in [1.807, 2.05) is 19.1 Å². The van der Waals surface area contributed by atoms with E-state index in [4.69, 9.17) is 10.5 Å². The number of ether oxygens (including phenoxy) is 1. The topological polar surface area (TPSA) is 51.4 Å². The molecule has 1 unspecified atom stereocenters. The molecular weight excluding hydrogens is 262 g/mol. The molecule has 0 aliphatic carbocycles. The third kappa shape index (κ3) is 4.34. The van der Waals surface area contributed by atoms with Gasteiger partial charge in [0.15, 0.2) is 0 Å². The molecule has 2 heterocycles. The first-order chi connectivity index (χ1) is 8.65. The van der Waals surface area contributed by atoms with Crippen LogP contribution in [0.25, 0.3) is 0 Å². The molecule has 108 valence electrons. The summed E-state index contributed by atoms with van der Waals surface area (Å²) >= 11 is 0. The Morgan fingerprint density at radius 3 is 2.89 bits per heavy atom. The van der Waals surface area contributed by atoms with E-state index in [9.17, 15) is 0 Å². The molecule has 1 aromatic rings. The Morgan fingerprint density at radius 1 is 1.47 bits per heavy atom. The summed E-state index contributed by atoms with van der Waals surface area (Å²) in [5.74, 6) is 0.718. The fourth-order valence-corrected chi connectivity index (χ4v) is 2.43. The number of pyridine rings is 1. The molecule has 0 spiro atoms. The van der Waals surface area contributed by atoms with E-state index in [-0.39, 0.29) is 17.8 Å². The Hall–Kier alpha value is -0.840. The summed E-state index contributed by atoms with van der Waals surface area (Å²) in [6, 6.07) is 5.97. The van der Waals surface area contributed by atoms with Gasteiger partial charge in [-0.25, -0.2) is 4.98 Å². The van der Waals surface area contributed by atoms with Crippen molar-refractivity contribution in [2.75, 3.05) is 26.2 Å². The first-order valence-electron chi connectivity index (χ1n) is 6.66. The van der Waals surface area contributed by atoms with Crippen LogP contribution in [0.1, 0.15) is 26.0 Å². The van der Waals surface area contributed by atoms with Gasteiger partial charge in [-0.05, 0) is 37.9 Å². The fourth-order valence-electron chi connectivity index (χ4n) is 2.43. The summed E-state index contributed by atoms with van der Waals surface area (Å²) in [7, 11) is 0. The van der Waals surface area contributed by atoms with Crippen molar-refractivity contribution < 1.29 is 4.74 Å². The van der Waals surface area contributed by atoms with E-state index >= 15 is 0 Å². The minimum absolute atomic E-state index is 0. The predicted molar refractivity (Wildman–Crippen MR) is 79.7 cm³/mol. The van der Waals surface area contributed by atoms with Crippen molar-refractivity contribution in [1.29, 1.82) is 0 Å². The zero-order chi connectivity index (χ0) is 13.0. The van der Waals surface area contributed by atoms with Crippen molar-refractivity contribution in [2.24, 2.45) is 11.1 Å². The van der Waals surface area contributed by atoms with Gasteiger partial charge in [0.05, 0.1) is 12.3 Å². The molecule has 1 atom stereocenters. The summed E-state index contributed by atoms with van der Waals surface area (Å²) in [6.45, 7) is 8.70. The number of hydrogen-bond acceptors (Lipinski definition) is 4. The monoisotopic (exact) mass is 285 g/mol. The van der Waals surface area contributed by atoms with Crippen LogP contribution in [0.3, 0.4) is 0 Å². The molecule has 1 aliphatic heterocycles. The molecule has 1 aliphatic rings. The zero-order valence-electron chi connectivity index (χ0n) is 11.8. The smallest absolute Gasteiger partial charge is 0.213 e. The maximum absolute atomic E-state index is 5.83. The second-order valence-corrected chi connectivity index (χ2v) is 5.38. The molecule has 0 bridgehead atoms. The standard InChI is InChI=1S/C14H23N3O.ClH/c1-3-18-13-6-4-5-12(16-13)9-17-8-7-14(2,10-15)11-17;/h4-6H,3,7-11,15H2,1-2H3;1H. The van der Waals surface area contributed by atoms with E-state index in [1.54, 1.807) is 0 Å². The van der Waals surface area contributed by atoms with Crippen LogP contribution in [-0.4, -0.2) is 36.1 Å². The molecule has 0 aromatic carbocycles. The van der Waals surface area contributed by atoms with Crippen LogP contribution in [0.15, 0.2) is 18.2 Å². The lowest BCUT2D eigenvalue weighted by Crippen LogP contribution is -2.31. The summed E-state index contributed by atoms with van der Waals surface area (Å²) in [6.07, 6.45) is 1.18. The third-order valence-corrected chi connectivity index (χ3v) is 3.59. The van der Waals surface area contributed by atoms with Gasteiger partial charge in [0, 0.05) is 19.2 Å². The van der Waals surface area contributed by atoms with Gasteiger partial charge in [-0.3, -0.25) is 4.90 Å². The SMILES string of the molecule is CCOc1cccc(CN2CCC(C)(CN)C2)n1.Cl. The molecule has 2 N–H and O–H groups in total. The first-order valence-corrected chi connectivity index (χ1v) is 6.66. The quantitative estimate of drug-likeness (QED) is 0.900. The van der Waals surface area contributed by atoms with Crippen LogP contribution in [0.5, 0.6) is 5.88 Å². The van der Waals surface area contributed by atoms with Gasteiger partial charge in [-0.2, -0.15) is 0 Å². The molecular formula is C14H24ClN3O. The maximum Gasteiger partial charge on any atom is 0.213 e. The van der Waals surface area contributed by atoms with Gasteiger partial charge in [-0.15, -0.1) is 12.4 Å². The summed E-state index contributed by atoms with van der Waals surface area (Å²) in [5, 5.41) is 0. The van der Waals surface area contributed by atoms with Crippen LogP contribution >= 0.6 is 12.4 Å². The van der Waals surface area contributed by atoms with E-state index in [1.165, 1.54) is 6.42 Å². The van der Waals surface area contributed by atoms with Crippen LogP contribution in [0.4, 0.5) is 0 Å². The summed E-state index contributed by atoms with van der Waals surface area (Å²) in [4.78, 5) is 6.93. The molecule has 1 fully saturated rings. The molecule has 2 rings (SSSR count). The average Bonchev–Trinajstić information content (AvgIpc) is 2.73. The molecule has 1 saturated heterocycles. The van der Waals surface area contributed by atoms with E-state index in [0.717, 1.165) is 37.8 Å². The van der Waals surface area contributed by atoms with Crippen LogP contribution in [0.2, 0.25) is 0 Å². The Bertz CT molecular complexity index is 402. The lowest BCUT2D eigenvalue weighted by Gasteiger charge is -2.22. The van der Waals surface area contributed by atoms with Crippen LogP contribution in [-0.2, 0) is 6.54 Å². The number of hydrogen-bond donors (Lipinski definition) is 1. The van der Waals surface area contributed by atoms with Crippen LogP contribution < -0.4 is 10.5 Å². The van der Waals surface area contributed by atoms with E-state index in [0.29, 0.717) is 6.61 Å². The van der Waals surface area contributed by atoms with Crippen LogP contribution in [0, 0.1) is 5.41 Å². The molecule has 5 heteroatoms. The number of rotatable bonds is 5. The highest BCUT2D eigenvalue weighted by Gasteiger charge is 2.32. The van der Waals surface area contributed by atoms with Crippen molar-refractivity contribution in [2.45, 2.75) is 26.8 Å². The number of nitrogens with zero attached hydrogens (tertiary/aromatic N) is 2.